The van der Waals surface area contributed by atoms with Crippen molar-refractivity contribution >= 4 is 28.3 Å². The number of aromatic nitrogens is 2. The molecule has 0 saturated heterocycles. The first-order valence-electron chi connectivity index (χ1n) is 8.67. The van der Waals surface area contributed by atoms with Gasteiger partial charge in [-0.25, -0.2) is 0 Å². The van der Waals surface area contributed by atoms with Gasteiger partial charge in [-0.2, -0.15) is 0 Å². The van der Waals surface area contributed by atoms with Gasteiger partial charge in [0, 0.05) is 12.8 Å². The molecule has 2 amide bonds. The quantitative estimate of drug-likeness (QED) is 0.622. The van der Waals surface area contributed by atoms with E-state index >= 15 is 0 Å². The second-order valence-corrected chi connectivity index (χ2v) is 7.00. The van der Waals surface area contributed by atoms with Crippen LogP contribution in [0, 0.1) is 0 Å². The second kappa shape index (κ2) is 9.09. The fourth-order valence-corrected chi connectivity index (χ4v) is 3.35. The van der Waals surface area contributed by atoms with Crippen molar-refractivity contribution in [1.29, 1.82) is 0 Å². The van der Waals surface area contributed by atoms with Gasteiger partial charge in [-0.1, -0.05) is 48.6 Å². The molecule has 3 aromatic rings. The highest BCUT2D eigenvalue weighted by Crippen LogP contribution is 2.17. The highest BCUT2D eigenvalue weighted by atomic mass is 32.1. The molecule has 2 N–H and O–H groups in total. The molecular formula is C19H20N4O3S. The van der Waals surface area contributed by atoms with E-state index in [2.05, 4.69) is 27.8 Å². The van der Waals surface area contributed by atoms with Crippen molar-refractivity contribution in [2.75, 3.05) is 5.32 Å². The molecule has 0 radical (unpaired) electrons. The number of carbonyl (C=O) groups excluding carboxylic acids is 2. The number of nitrogens with zero attached hydrogens (tertiary/aromatic N) is 2. The SMILES string of the molecule is CCCc1nnc(NC(=O)C(Cc2ccccc2)NC(=O)c2ccco2)s1. The third kappa shape index (κ3) is 5.24. The van der Waals surface area contributed by atoms with Crippen LogP contribution in [0.1, 0.15) is 34.5 Å². The van der Waals surface area contributed by atoms with Gasteiger partial charge in [-0.3, -0.25) is 14.9 Å². The van der Waals surface area contributed by atoms with Crippen LogP contribution in [0.2, 0.25) is 0 Å². The third-order valence-corrected chi connectivity index (χ3v) is 4.71. The minimum Gasteiger partial charge on any atom is -0.459 e. The molecule has 0 aliphatic heterocycles. The Labute approximate surface area is 160 Å². The maximum atomic E-state index is 12.8. The molecule has 27 heavy (non-hydrogen) atoms. The van der Waals surface area contributed by atoms with Crippen molar-refractivity contribution in [3.63, 3.8) is 0 Å². The van der Waals surface area contributed by atoms with Crippen LogP contribution in [0.5, 0.6) is 0 Å². The van der Waals surface area contributed by atoms with Crippen LogP contribution >= 0.6 is 11.3 Å². The number of carbonyl (C=O) groups is 2. The van der Waals surface area contributed by atoms with E-state index in [9.17, 15) is 9.59 Å². The minimum atomic E-state index is -0.775. The maximum Gasteiger partial charge on any atom is 0.287 e. The zero-order valence-corrected chi connectivity index (χ0v) is 15.7. The number of amides is 2. The lowest BCUT2D eigenvalue weighted by Gasteiger charge is -2.17. The molecule has 8 heteroatoms. The van der Waals surface area contributed by atoms with Gasteiger partial charge >= 0.3 is 0 Å². The summed E-state index contributed by atoms with van der Waals surface area (Å²) in [5, 5.41) is 14.8. The number of furan rings is 1. The van der Waals surface area contributed by atoms with Crippen LogP contribution < -0.4 is 10.6 Å². The molecular weight excluding hydrogens is 364 g/mol. The molecule has 0 bridgehead atoms. The lowest BCUT2D eigenvalue weighted by atomic mass is 10.1. The van der Waals surface area contributed by atoms with Gasteiger partial charge in [-0.05, 0) is 24.1 Å². The van der Waals surface area contributed by atoms with E-state index in [1.165, 1.54) is 17.6 Å². The average molecular weight is 384 g/mol. The lowest BCUT2D eigenvalue weighted by molar-refractivity contribution is -0.118. The lowest BCUT2D eigenvalue weighted by Crippen LogP contribution is -2.45. The topological polar surface area (TPSA) is 97.1 Å². The van der Waals surface area contributed by atoms with E-state index in [0.717, 1.165) is 23.4 Å². The first-order valence-corrected chi connectivity index (χ1v) is 9.49. The minimum absolute atomic E-state index is 0.155. The largest absolute Gasteiger partial charge is 0.459 e. The number of anilines is 1. The Morgan fingerprint density at radius 3 is 2.67 bits per heavy atom. The smallest absolute Gasteiger partial charge is 0.287 e. The zero-order valence-electron chi connectivity index (χ0n) is 14.8. The third-order valence-electron chi connectivity index (χ3n) is 3.81. The van der Waals surface area contributed by atoms with Crippen LogP contribution in [0.25, 0.3) is 0 Å². The van der Waals surface area contributed by atoms with Crippen molar-refractivity contribution < 1.29 is 14.0 Å². The summed E-state index contributed by atoms with van der Waals surface area (Å²) < 4.78 is 5.11. The number of aryl methyl sites for hydroxylation is 1. The van der Waals surface area contributed by atoms with Crippen molar-refractivity contribution in [2.45, 2.75) is 32.2 Å². The molecule has 2 heterocycles. The molecule has 0 fully saturated rings. The van der Waals surface area contributed by atoms with Crippen LogP contribution in [-0.4, -0.2) is 28.1 Å². The molecule has 1 aromatic carbocycles. The van der Waals surface area contributed by atoms with Crippen molar-refractivity contribution in [1.82, 2.24) is 15.5 Å². The monoisotopic (exact) mass is 384 g/mol. The average Bonchev–Trinajstić information content (AvgIpc) is 3.34. The number of benzene rings is 1. The Morgan fingerprint density at radius 1 is 1.15 bits per heavy atom. The summed E-state index contributed by atoms with van der Waals surface area (Å²) in [6.07, 6.45) is 3.53. The van der Waals surface area contributed by atoms with Crippen LogP contribution in [0.3, 0.4) is 0 Å². The van der Waals surface area contributed by atoms with Gasteiger partial charge in [0.1, 0.15) is 11.0 Å². The van der Waals surface area contributed by atoms with E-state index in [0.29, 0.717) is 11.6 Å². The van der Waals surface area contributed by atoms with E-state index in [1.807, 2.05) is 30.3 Å². The van der Waals surface area contributed by atoms with E-state index in [1.54, 1.807) is 12.1 Å². The predicted octanol–water partition coefficient (Wildman–Crippen LogP) is 3.06. The summed E-state index contributed by atoms with van der Waals surface area (Å²) in [6.45, 7) is 2.06. The van der Waals surface area contributed by atoms with Gasteiger partial charge in [-0.15, -0.1) is 10.2 Å². The van der Waals surface area contributed by atoms with Crippen molar-refractivity contribution in [3.8, 4) is 0 Å². The fourth-order valence-electron chi connectivity index (χ4n) is 2.51. The number of rotatable bonds is 8. The highest BCUT2D eigenvalue weighted by Gasteiger charge is 2.24. The first kappa shape index (κ1) is 18.8. The molecule has 7 nitrogen and oxygen atoms in total. The summed E-state index contributed by atoms with van der Waals surface area (Å²) >= 11 is 1.34. The van der Waals surface area contributed by atoms with Gasteiger partial charge < -0.3 is 9.73 Å². The summed E-state index contributed by atoms with van der Waals surface area (Å²) in [7, 11) is 0. The van der Waals surface area contributed by atoms with E-state index in [-0.39, 0.29) is 11.7 Å². The molecule has 0 aliphatic rings. The van der Waals surface area contributed by atoms with E-state index in [4.69, 9.17) is 4.42 Å². The zero-order chi connectivity index (χ0) is 19.1. The Hall–Kier alpha value is -3.00. The van der Waals surface area contributed by atoms with Crippen molar-refractivity contribution in [2.24, 2.45) is 0 Å². The molecule has 0 aliphatic carbocycles. The first-order chi connectivity index (χ1) is 13.2. The molecule has 2 aromatic heterocycles. The molecule has 1 unspecified atom stereocenters. The van der Waals surface area contributed by atoms with Crippen LogP contribution in [0.15, 0.2) is 53.1 Å². The summed E-state index contributed by atoms with van der Waals surface area (Å²) in [4.78, 5) is 25.1. The molecule has 0 spiro atoms. The van der Waals surface area contributed by atoms with Gasteiger partial charge in [0.15, 0.2) is 5.76 Å². The number of hydrogen-bond acceptors (Lipinski definition) is 6. The van der Waals surface area contributed by atoms with Gasteiger partial charge in [0.05, 0.1) is 6.26 Å². The normalized spacial score (nSPS) is 11.7. The highest BCUT2D eigenvalue weighted by molar-refractivity contribution is 7.15. The summed E-state index contributed by atoms with van der Waals surface area (Å²) in [5.41, 5.74) is 0.932. The van der Waals surface area contributed by atoms with Gasteiger partial charge in [0.25, 0.3) is 5.91 Å². The summed E-state index contributed by atoms with van der Waals surface area (Å²) in [6, 6.07) is 11.9. The summed E-state index contributed by atoms with van der Waals surface area (Å²) in [5.74, 6) is -0.639. The molecule has 1 atom stereocenters. The Morgan fingerprint density at radius 2 is 1.96 bits per heavy atom. The molecule has 0 saturated carbocycles. The Kier molecular flexibility index (Phi) is 6.32. The molecule has 140 valence electrons. The number of hydrogen-bond donors (Lipinski definition) is 2. The van der Waals surface area contributed by atoms with Gasteiger partial charge in [0.2, 0.25) is 11.0 Å². The van der Waals surface area contributed by atoms with Crippen LogP contribution in [0.4, 0.5) is 5.13 Å². The number of nitrogens with one attached hydrogen (secondary N) is 2. The maximum absolute atomic E-state index is 12.8. The van der Waals surface area contributed by atoms with Crippen molar-refractivity contribution in [3.05, 3.63) is 65.1 Å². The standard InChI is InChI=1S/C19H20N4O3S/c1-2-7-16-22-23-19(27-16)21-17(24)14(12-13-8-4-3-5-9-13)20-18(25)15-10-6-11-26-15/h3-6,8-11,14H,2,7,12H2,1H3,(H,20,25)(H,21,23,24). The predicted molar refractivity (Wildman–Crippen MR) is 103 cm³/mol. The molecule has 3 rings (SSSR count). The Bertz CT molecular complexity index is 878. The second-order valence-electron chi connectivity index (χ2n) is 5.93. The Balaban J connectivity index is 1.72. The fraction of sp³-hybridized carbons (Fsp3) is 0.263. The van der Waals surface area contributed by atoms with Crippen LogP contribution in [-0.2, 0) is 17.6 Å². The van der Waals surface area contributed by atoms with E-state index < -0.39 is 11.9 Å².